The molecule has 0 radical (unpaired) electrons. The summed E-state index contributed by atoms with van der Waals surface area (Å²) >= 11 is 0. The zero-order chi connectivity index (χ0) is 19.9. The number of carboxylic acids is 2. The number of carboxylic acid groups (broad SMARTS) is 2. The van der Waals surface area contributed by atoms with Gasteiger partial charge in [0.05, 0.1) is 5.41 Å². The highest BCUT2D eigenvalue weighted by Crippen LogP contribution is 2.31. The lowest BCUT2D eigenvalue weighted by Gasteiger charge is -2.23. The van der Waals surface area contributed by atoms with Crippen LogP contribution >= 0.6 is 0 Å². The molecule has 4 N–H and O–H groups in total. The Kier molecular flexibility index (Phi) is 15.0. The minimum absolute atomic E-state index is 0.0359. The van der Waals surface area contributed by atoms with Crippen molar-refractivity contribution in [3.05, 3.63) is 23.8 Å². The SMILES string of the molecule is CC1(C(=O)O)C=CC=C(C(=O)O)C1.CCC(CC)CO.CCCCO. The van der Waals surface area contributed by atoms with Crippen molar-refractivity contribution < 1.29 is 30.0 Å². The van der Waals surface area contributed by atoms with Crippen LogP contribution in [0.25, 0.3) is 0 Å². The highest BCUT2D eigenvalue weighted by atomic mass is 16.4. The van der Waals surface area contributed by atoms with Crippen molar-refractivity contribution in [3.8, 4) is 0 Å². The molecule has 0 amide bonds. The van der Waals surface area contributed by atoms with Crippen LogP contribution < -0.4 is 0 Å². The van der Waals surface area contributed by atoms with Crippen LogP contribution in [0.1, 0.15) is 59.8 Å². The molecule has 0 heterocycles. The fourth-order valence-corrected chi connectivity index (χ4v) is 1.89. The van der Waals surface area contributed by atoms with Gasteiger partial charge in [0.2, 0.25) is 0 Å². The summed E-state index contributed by atoms with van der Waals surface area (Å²) in [6.07, 6.45) is 8.68. The van der Waals surface area contributed by atoms with Crippen molar-refractivity contribution in [2.75, 3.05) is 13.2 Å². The molecule has 146 valence electrons. The molecule has 0 bridgehead atoms. The predicted octanol–water partition coefficient (Wildman–Crippen LogP) is 3.24. The molecule has 0 saturated carbocycles. The van der Waals surface area contributed by atoms with Crippen LogP contribution in [0.4, 0.5) is 0 Å². The normalized spacial score (nSPS) is 18.4. The van der Waals surface area contributed by atoms with Gasteiger partial charge in [0, 0.05) is 18.8 Å². The summed E-state index contributed by atoms with van der Waals surface area (Å²) in [4.78, 5) is 21.3. The number of unbranched alkanes of at least 4 members (excludes halogenated alkanes) is 1. The molecule has 1 aliphatic rings. The molecule has 0 aromatic rings. The molecule has 0 aliphatic heterocycles. The van der Waals surface area contributed by atoms with E-state index in [9.17, 15) is 9.59 Å². The second kappa shape index (κ2) is 14.7. The van der Waals surface area contributed by atoms with Gasteiger partial charge in [0.1, 0.15) is 0 Å². The molecule has 0 fully saturated rings. The number of hydrogen-bond acceptors (Lipinski definition) is 4. The maximum Gasteiger partial charge on any atom is 0.331 e. The summed E-state index contributed by atoms with van der Waals surface area (Å²) in [6.45, 7) is 8.45. The molecule has 25 heavy (non-hydrogen) atoms. The standard InChI is InChI=1S/C9H10O4.C6H14O.C4H10O/c1-9(8(12)13)4-2-3-6(5-9)7(10)11;1-3-6(4-2)5-7;1-2-3-4-5/h2-4H,5H2,1H3,(H,10,11)(H,12,13);6-7H,3-5H2,1-2H3;5H,2-4H2,1H3. The quantitative estimate of drug-likeness (QED) is 0.555. The maximum absolute atomic E-state index is 10.8. The fourth-order valence-electron chi connectivity index (χ4n) is 1.89. The van der Waals surface area contributed by atoms with Crippen molar-refractivity contribution >= 4 is 11.9 Å². The molecule has 6 nitrogen and oxygen atoms in total. The third kappa shape index (κ3) is 11.5. The van der Waals surface area contributed by atoms with Crippen LogP contribution in [0.15, 0.2) is 23.8 Å². The summed E-state index contributed by atoms with van der Waals surface area (Å²) < 4.78 is 0. The first kappa shape index (κ1) is 25.6. The lowest BCUT2D eigenvalue weighted by molar-refractivity contribution is -0.145. The monoisotopic (exact) mass is 358 g/mol. The van der Waals surface area contributed by atoms with Crippen LogP contribution in [0, 0.1) is 11.3 Å². The van der Waals surface area contributed by atoms with Crippen LogP contribution in [-0.4, -0.2) is 45.6 Å². The molecule has 1 atom stereocenters. The first-order chi connectivity index (χ1) is 11.7. The van der Waals surface area contributed by atoms with Gasteiger partial charge in [-0.25, -0.2) is 4.79 Å². The third-order valence-corrected chi connectivity index (χ3v) is 4.01. The Morgan fingerprint density at radius 2 is 1.72 bits per heavy atom. The first-order valence-electron chi connectivity index (χ1n) is 8.79. The number of rotatable bonds is 7. The van der Waals surface area contributed by atoms with E-state index in [-0.39, 0.29) is 12.0 Å². The van der Waals surface area contributed by atoms with E-state index in [2.05, 4.69) is 20.8 Å². The van der Waals surface area contributed by atoms with Gasteiger partial charge in [-0.3, -0.25) is 4.79 Å². The Hall–Kier alpha value is -1.66. The van der Waals surface area contributed by atoms with Gasteiger partial charge in [-0.15, -0.1) is 0 Å². The fraction of sp³-hybridized carbons (Fsp3) is 0.684. The number of hydrogen-bond donors (Lipinski definition) is 4. The van der Waals surface area contributed by atoms with E-state index in [1.165, 1.54) is 25.2 Å². The molecule has 0 spiro atoms. The van der Waals surface area contributed by atoms with E-state index in [0.29, 0.717) is 19.1 Å². The Morgan fingerprint density at radius 3 is 1.96 bits per heavy atom. The number of aliphatic hydroxyl groups is 2. The second-order valence-corrected chi connectivity index (χ2v) is 6.20. The van der Waals surface area contributed by atoms with Crippen LogP contribution in [0.3, 0.4) is 0 Å². The van der Waals surface area contributed by atoms with E-state index in [4.69, 9.17) is 20.4 Å². The highest BCUT2D eigenvalue weighted by Gasteiger charge is 2.34. The molecule has 1 aliphatic carbocycles. The molecule has 1 unspecified atom stereocenters. The van der Waals surface area contributed by atoms with E-state index < -0.39 is 17.4 Å². The second-order valence-electron chi connectivity index (χ2n) is 6.20. The van der Waals surface area contributed by atoms with E-state index in [1.807, 2.05) is 0 Å². The van der Waals surface area contributed by atoms with Crippen molar-refractivity contribution in [3.63, 3.8) is 0 Å². The zero-order valence-electron chi connectivity index (χ0n) is 15.9. The van der Waals surface area contributed by atoms with Gasteiger partial charge in [-0.1, -0.05) is 58.3 Å². The van der Waals surface area contributed by atoms with Gasteiger partial charge < -0.3 is 20.4 Å². The molecule has 0 aromatic heterocycles. The molecular weight excluding hydrogens is 324 g/mol. The van der Waals surface area contributed by atoms with Gasteiger partial charge in [-0.2, -0.15) is 0 Å². The third-order valence-electron chi connectivity index (χ3n) is 4.01. The minimum Gasteiger partial charge on any atom is -0.481 e. The van der Waals surface area contributed by atoms with E-state index in [0.717, 1.165) is 25.7 Å². The molecular formula is C19H34O6. The average Bonchev–Trinajstić information content (AvgIpc) is 2.58. The van der Waals surface area contributed by atoms with Gasteiger partial charge >= 0.3 is 11.9 Å². The maximum atomic E-state index is 10.8. The van der Waals surface area contributed by atoms with Crippen molar-refractivity contribution in [1.29, 1.82) is 0 Å². The minimum atomic E-state index is -1.08. The van der Waals surface area contributed by atoms with Crippen LogP contribution in [0.5, 0.6) is 0 Å². The smallest absolute Gasteiger partial charge is 0.331 e. The number of carbonyl (C=O) groups is 2. The van der Waals surface area contributed by atoms with E-state index >= 15 is 0 Å². The number of allylic oxidation sites excluding steroid dienone is 2. The summed E-state index contributed by atoms with van der Waals surface area (Å²) in [5.74, 6) is -1.52. The van der Waals surface area contributed by atoms with Gasteiger partial charge in [-0.05, 0) is 25.7 Å². The van der Waals surface area contributed by atoms with Gasteiger partial charge in [0.25, 0.3) is 0 Å². The van der Waals surface area contributed by atoms with Crippen molar-refractivity contribution in [1.82, 2.24) is 0 Å². The lowest BCUT2D eigenvalue weighted by Crippen LogP contribution is -2.28. The van der Waals surface area contributed by atoms with Crippen molar-refractivity contribution in [2.45, 2.75) is 59.8 Å². The molecule has 6 heteroatoms. The van der Waals surface area contributed by atoms with Gasteiger partial charge in [0.15, 0.2) is 0 Å². The molecule has 0 aromatic carbocycles. The topological polar surface area (TPSA) is 115 Å². The van der Waals surface area contributed by atoms with Crippen LogP contribution in [-0.2, 0) is 9.59 Å². The lowest BCUT2D eigenvalue weighted by atomic mass is 9.80. The predicted molar refractivity (Wildman–Crippen MR) is 98.4 cm³/mol. The summed E-state index contributed by atoms with van der Waals surface area (Å²) in [6, 6.07) is 0. The molecule has 0 saturated heterocycles. The zero-order valence-corrected chi connectivity index (χ0v) is 15.9. The number of aliphatic carboxylic acids is 2. The Balaban J connectivity index is 0. The Labute approximate surface area is 150 Å². The highest BCUT2D eigenvalue weighted by molar-refractivity contribution is 5.90. The summed E-state index contributed by atoms with van der Waals surface area (Å²) in [7, 11) is 0. The summed E-state index contributed by atoms with van der Waals surface area (Å²) in [5, 5.41) is 34.1. The summed E-state index contributed by atoms with van der Waals surface area (Å²) in [5.41, 5.74) is -0.949. The first-order valence-corrected chi connectivity index (χ1v) is 8.79. The average molecular weight is 358 g/mol. The van der Waals surface area contributed by atoms with Crippen LogP contribution in [0.2, 0.25) is 0 Å². The van der Waals surface area contributed by atoms with E-state index in [1.54, 1.807) is 0 Å². The molecule has 1 rings (SSSR count). The largest absolute Gasteiger partial charge is 0.481 e. The number of aliphatic hydroxyl groups excluding tert-OH is 2. The Bertz CT molecular complexity index is 430. The Morgan fingerprint density at radius 1 is 1.16 bits per heavy atom. The van der Waals surface area contributed by atoms with Crippen molar-refractivity contribution in [2.24, 2.45) is 11.3 Å².